The number of guanidine groups is 1. The molecule has 0 atom stereocenters. The van der Waals surface area contributed by atoms with Gasteiger partial charge in [0.05, 0.1) is 12.4 Å². The van der Waals surface area contributed by atoms with Crippen molar-refractivity contribution in [1.29, 1.82) is 0 Å². The molecule has 1 aliphatic carbocycles. The topological polar surface area (TPSA) is 58.8 Å². The number of unbranched alkanes of at least 4 members (excludes halogenated alkanes) is 1. The van der Waals surface area contributed by atoms with Crippen LogP contribution in [0.4, 0.5) is 0 Å². The molecule has 0 amide bonds. The molecule has 5 heteroatoms. The van der Waals surface area contributed by atoms with Crippen molar-refractivity contribution in [3.63, 3.8) is 0 Å². The van der Waals surface area contributed by atoms with Crippen LogP contribution in [0.15, 0.2) is 27.8 Å². The molecular weight excluding hydrogens is 314 g/mol. The van der Waals surface area contributed by atoms with E-state index in [-0.39, 0.29) is 0 Å². The monoisotopic (exact) mass is 349 g/mol. The molecule has 1 heterocycles. The summed E-state index contributed by atoms with van der Waals surface area (Å²) in [6, 6.07) is 3.92. The van der Waals surface area contributed by atoms with Gasteiger partial charge in [-0.15, -0.1) is 0 Å². The number of furan rings is 1. The summed E-state index contributed by atoms with van der Waals surface area (Å²) in [5, 5.41) is 6.65. The first kappa shape index (κ1) is 19.8. The van der Waals surface area contributed by atoms with Crippen molar-refractivity contribution in [2.45, 2.75) is 70.8 Å². The first-order valence-corrected chi connectivity index (χ1v) is 10.0. The van der Waals surface area contributed by atoms with Crippen molar-refractivity contribution < 1.29 is 9.15 Å². The maximum Gasteiger partial charge on any atom is 0.191 e. The third-order valence-electron chi connectivity index (χ3n) is 4.57. The van der Waals surface area contributed by atoms with Gasteiger partial charge in [0, 0.05) is 32.7 Å². The van der Waals surface area contributed by atoms with Crippen LogP contribution >= 0.6 is 0 Å². The van der Waals surface area contributed by atoms with E-state index in [0.29, 0.717) is 6.10 Å². The summed E-state index contributed by atoms with van der Waals surface area (Å²) in [6.07, 6.45) is 13.2. The molecule has 1 aliphatic rings. The number of rotatable bonds is 10. The molecule has 2 rings (SSSR count). The van der Waals surface area contributed by atoms with E-state index in [9.17, 15) is 0 Å². The Morgan fingerprint density at radius 3 is 2.76 bits per heavy atom. The van der Waals surface area contributed by atoms with Crippen LogP contribution in [0.25, 0.3) is 0 Å². The molecule has 142 valence electrons. The zero-order valence-electron chi connectivity index (χ0n) is 15.8. The molecule has 1 aromatic heterocycles. The van der Waals surface area contributed by atoms with Gasteiger partial charge in [-0.2, -0.15) is 0 Å². The highest BCUT2D eigenvalue weighted by molar-refractivity contribution is 5.79. The van der Waals surface area contributed by atoms with E-state index in [1.54, 1.807) is 6.26 Å². The van der Waals surface area contributed by atoms with Gasteiger partial charge in [-0.25, -0.2) is 0 Å². The lowest BCUT2D eigenvalue weighted by Gasteiger charge is -2.15. The fourth-order valence-electron chi connectivity index (χ4n) is 3.16. The molecule has 0 aliphatic heterocycles. The minimum absolute atomic E-state index is 0.506. The number of ether oxygens (including phenoxy) is 1. The lowest BCUT2D eigenvalue weighted by Crippen LogP contribution is -2.38. The number of aliphatic imine (C=N–C) groups is 1. The van der Waals surface area contributed by atoms with E-state index in [1.165, 1.54) is 38.5 Å². The average molecular weight is 350 g/mol. The quantitative estimate of drug-likeness (QED) is 0.291. The molecule has 0 radical (unpaired) electrons. The Kier molecular flexibility index (Phi) is 10.2. The Balaban J connectivity index is 1.55. The van der Waals surface area contributed by atoms with Crippen LogP contribution in [0.3, 0.4) is 0 Å². The Bertz CT molecular complexity index is 452. The third-order valence-corrected chi connectivity index (χ3v) is 4.57. The molecule has 1 saturated carbocycles. The van der Waals surface area contributed by atoms with E-state index in [0.717, 1.165) is 57.2 Å². The molecule has 0 saturated heterocycles. The number of nitrogens with one attached hydrogen (secondary N) is 2. The summed E-state index contributed by atoms with van der Waals surface area (Å²) in [4.78, 5) is 4.64. The maximum absolute atomic E-state index is 6.03. The summed E-state index contributed by atoms with van der Waals surface area (Å²) in [5.74, 6) is 1.89. The predicted molar refractivity (Wildman–Crippen MR) is 103 cm³/mol. The van der Waals surface area contributed by atoms with E-state index in [1.807, 2.05) is 12.1 Å². The minimum atomic E-state index is 0.506. The Hall–Kier alpha value is -1.49. The zero-order valence-corrected chi connectivity index (χ0v) is 15.8. The van der Waals surface area contributed by atoms with Gasteiger partial charge in [-0.1, -0.05) is 25.7 Å². The SMILES string of the molecule is CCNC(=NCCCCOC1CCCCCC1)NCCc1ccco1. The Morgan fingerprint density at radius 1 is 1.20 bits per heavy atom. The standard InChI is InChI=1S/C20H35N3O2/c1-2-21-20(23-15-13-19-12-9-17-25-19)22-14-7-8-16-24-18-10-5-3-4-6-11-18/h9,12,17-18H,2-8,10-11,13-16H2,1H3,(H2,21,22,23). The van der Waals surface area contributed by atoms with Gasteiger partial charge in [-0.3, -0.25) is 4.99 Å². The highest BCUT2D eigenvalue weighted by Gasteiger charge is 2.11. The van der Waals surface area contributed by atoms with Gasteiger partial charge in [0.2, 0.25) is 0 Å². The predicted octanol–water partition coefficient (Wildman–Crippen LogP) is 3.90. The summed E-state index contributed by atoms with van der Waals surface area (Å²) in [7, 11) is 0. The van der Waals surface area contributed by atoms with Crippen LogP contribution in [-0.2, 0) is 11.2 Å². The van der Waals surface area contributed by atoms with Crippen LogP contribution in [0, 0.1) is 0 Å². The van der Waals surface area contributed by atoms with Gasteiger partial charge >= 0.3 is 0 Å². The fraction of sp³-hybridized carbons (Fsp3) is 0.750. The van der Waals surface area contributed by atoms with Gasteiger partial charge in [0.25, 0.3) is 0 Å². The van der Waals surface area contributed by atoms with Crippen molar-refractivity contribution in [1.82, 2.24) is 10.6 Å². The first-order valence-electron chi connectivity index (χ1n) is 10.0. The molecule has 25 heavy (non-hydrogen) atoms. The van der Waals surface area contributed by atoms with Crippen molar-refractivity contribution in [3.05, 3.63) is 24.2 Å². The molecule has 1 fully saturated rings. The van der Waals surface area contributed by atoms with Crippen molar-refractivity contribution in [2.24, 2.45) is 4.99 Å². The second-order valence-corrected chi connectivity index (χ2v) is 6.71. The Morgan fingerprint density at radius 2 is 2.04 bits per heavy atom. The molecule has 0 spiro atoms. The highest BCUT2D eigenvalue weighted by Crippen LogP contribution is 2.19. The van der Waals surface area contributed by atoms with E-state index >= 15 is 0 Å². The fourth-order valence-corrected chi connectivity index (χ4v) is 3.16. The van der Waals surface area contributed by atoms with Gasteiger partial charge in [0.15, 0.2) is 5.96 Å². The second kappa shape index (κ2) is 12.8. The molecule has 5 nitrogen and oxygen atoms in total. The molecule has 0 bridgehead atoms. The normalized spacial score (nSPS) is 16.6. The van der Waals surface area contributed by atoms with Gasteiger partial charge in [-0.05, 0) is 44.7 Å². The molecule has 0 aromatic carbocycles. The second-order valence-electron chi connectivity index (χ2n) is 6.71. The lowest BCUT2D eigenvalue weighted by atomic mass is 10.1. The average Bonchev–Trinajstić information content (AvgIpc) is 3.00. The van der Waals surface area contributed by atoms with Crippen molar-refractivity contribution >= 4 is 5.96 Å². The van der Waals surface area contributed by atoms with E-state index in [2.05, 4.69) is 22.5 Å². The zero-order chi connectivity index (χ0) is 17.6. The maximum atomic E-state index is 6.03. The molecular formula is C20H35N3O2. The summed E-state index contributed by atoms with van der Waals surface area (Å²) in [6.45, 7) is 5.50. The number of hydrogen-bond acceptors (Lipinski definition) is 3. The highest BCUT2D eigenvalue weighted by atomic mass is 16.5. The van der Waals surface area contributed by atoms with Crippen molar-refractivity contribution in [3.8, 4) is 0 Å². The summed E-state index contributed by atoms with van der Waals surface area (Å²) >= 11 is 0. The van der Waals surface area contributed by atoms with Crippen LogP contribution in [0.5, 0.6) is 0 Å². The molecule has 2 N–H and O–H groups in total. The minimum Gasteiger partial charge on any atom is -0.469 e. The summed E-state index contributed by atoms with van der Waals surface area (Å²) in [5.41, 5.74) is 0. The van der Waals surface area contributed by atoms with Gasteiger partial charge < -0.3 is 19.8 Å². The van der Waals surface area contributed by atoms with Crippen molar-refractivity contribution in [2.75, 3.05) is 26.2 Å². The van der Waals surface area contributed by atoms with E-state index < -0.39 is 0 Å². The Labute approximate surface area is 152 Å². The number of nitrogens with zero attached hydrogens (tertiary/aromatic N) is 1. The van der Waals surface area contributed by atoms with Crippen LogP contribution < -0.4 is 10.6 Å². The largest absolute Gasteiger partial charge is 0.469 e. The van der Waals surface area contributed by atoms with E-state index in [4.69, 9.17) is 9.15 Å². The molecule has 0 unspecified atom stereocenters. The smallest absolute Gasteiger partial charge is 0.191 e. The van der Waals surface area contributed by atoms with Gasteiger partial charge in [0.1, 0.15) is 5.76 Å². The van der Waals surface area contributed by atoms with Crippen LogP contribution in [0.2, 0.25) is 0 Å². The van der Waals surface area contributed by atoms with Crippen LogP contribution in [0.1, 0.15) is 64.1 Å². The molecule has 1 aromatic rings. The first-order chi connectivity index (χ1) is 12.4. The summed E-state index contributed by atoms with van der Waals surface area (Å²) < 4.78 is 11.4. The van der Waals surface area contributed by atoms with Crippen LogP contribution in [-0.4, -0.2) is 38.3 Å². The number of hydrogen-bond donors (Lipinski definition) is 2. The lowest BCUT2D eigenvalue weighted by molar-refractivity contribution is 0.0413. The third kappa shape index (κ3) is 8.96.